The number of hydrogen-bond donors (Lipinski definition) is 0. The van der Waals surface area contributed by atoms with Crippen molar-refractivity contribution in [1.82, 2.24) is 4.98 Å². The third-order valence-corrected chi connectivity index (χ3v) is 5.09. The van der Waals surface area contributed by atoms with E-state index in [1.807, 2.05) is 57.2 Å². The highest BCUT2D eigenvalue weighted by molar-refractivity contribution is 5.75. The fraction of sp³-hybridized carbons (Fsp3) is 0.538. The van der Waals surface area contributed by atoms with Gasteiger partial charge in [0.15, 0.2) is 0 Å². The van der Waals surface area contributed by atoms with Gasteiger partial charge in [0.25, 0.3) is 0 Å². The first-order chi connectivity index (χ1) is 15.5. The molecule has 1 aromatic carbocycles. The molecule has 0 amide bonds. The molecule has 0 fully saturated rings. The molecule has 0 spiro atoms. The molecule has 0 aliphatic heterocycles. The molecule has 0 atom stereocenters. The number of carbonyl (C=O) groups is 1. The molecule has 32 heavy (non-hydrogen) atoms. The summed E-state index contributed by atoms with van der Waals surface area (Å²) < 4.78 is 22.4. The molecule has 0 aliphatic carbocycles. The Balaban J connectivity index is 1.51. The van der Waals surface area contributed by atoms with Gasteiger partial charge >= 0.3 is 5.97 Å². The van der Waals surface area contributed by atoms with Gasteiger partial charge in [-0.3, -0.25) is 9.78 Å². The molecule has 176 valence electrons. The quantitative estimate of drug-likeness (QED) is 0.240. The van der Waals surface area contributed by atoms with Crippen LogP contribution in [0.15, 0.2) is 48.8 Å². The van der Waals surface area contributed by atoms with Gasteiger partial charge in [-0.1, -0.05) is 0 Å². The highest BCUT2D eigenvalue weighted by Gasteiger charge is 2.28. The smallest absolute Gasteiger partial charge is 0.311 e. The van der Waals surface area contributed by atoms with E-state index in [0.717, 1.165) is 55.8 Å². The normalized spacial score (nSPS) is 11.1. The Labute approximate surface area is 192 Å². The Morgan fingerprint density at radius 3 is 1.72 bits per heavy atom. The van der Waals surface area contributed by atoms with Crippen LogP contribution < -0.4 is 14.2 Å². The molecule has 0 aliphatic rings. The van der Waals surface area contributed by atoms with Crippen molar-refractivity contribution in [3.8, 4) is 17.2 Å². The van der Waals surface area contributed by atoms with E-state index in [0.29, 0.717) is 26.4 Å². The van der Waals surface area contributed by atoms with E-state index in [-0.39, 0.29) is 5.97 Å². The molecular weight excluding hydrogens is 406 g/mol. The number of aromatic nitrogens is 1. The van der Waals surface area contributed by atoms with E-state index in [9.17, 15) is 4.79 Å². The average molecular weight is 444 g/mol. The van der Waals surface area contributed by atoms with Gasteiger partial charge in [0, 0.05) is 12.4 Å². The van der Waals surface area contributed by atoms with Crippen LogP contribution in [0, 0.1) is 5.41 Å². The largest absolute Gasteiger partial charge is 0.494 e. The lowest BCUT2D eigenvalue weighted by molar-refractivity contribution is -0.153. The molecule has 0 saturated heterocycles. The highest BCUT2D eigenvalue weighted by atomic mass is 16.5. The Kier molecular flexibility index (Phi) is 11.4. The van der Waals surface area contributed by atoms with E-state index in [4.69, 9.17) is 18.9 Å². The van der Waals surface area contributed by atoms with E-state index < -0.39 is 5.41 Å². The number of ether oxygens (including phenoxy) is 4. The Morgan fingerprint density at radius 2 is 1.22 bits per heavy atom. The Morgan fingerprint density at radius 1 is 0.750 bits per heavy atom. The van der Waals surface area contributed by atoms with Crippen molar-refractivity contribution in [2.24, 2.45) is 5.41 Å². The minimum absolute atomic E-state index is 0.130. The second-order valence-corrected chi connectivity index (χ2v) is 8.32. The highest BCUT2D eigenvalue weighted by Crippen LogP contribution is 2.25. The molecule has 0 N–H and O–H groups in total. The van der Waals surface area contributed by atoms with Gasteiger partial charge in [0.05, 0.1) is 31.8 Å². The molecule has 2 rings (SSSR count). The summed E-state index contributed by atoms with van der Waals surface area (Å²) in [6, 6.07) is 11.5. The topological polar surface area (TPSA) is 66.9 Å². The van der Waals surface area contributed by atoms with Crippen LogP contribution in [0.4, 0.5) is 0 Å². The maximum atomic E-state index is 11.9. The van der Waals surface area contributed by atoms with Gasteiger partial charge in [0.2, 0.25) is 0 Å². The van der Waals surface area contributed by atoms with Crippen LogP contribution >= 0.6 is 0 Å². The molecule has 0 radical (unpaired) electrons. The molecule has 0 bridgehead atoms. The summed E-state index contributed by atoms with van der Waals surface area (Å²) in [5.74, 6) is 2.41. The van der Waals surface area contributed by atoms with E-state index >= 15 is 0 Å². The number of esters is 1. The van der Waals surface area contributed by atoms with E-state index in [1.165, 1.54) is 0 Å². The van der Waals surface area contributed by atoms with Gasteiger partial charge in [0.1, 0.15) is 17.2 Å². The van der Waals surface area contributed by atoms with Crippen molar-refractivity contribution in [2.45, 2.75) is 59.3 Å². The first-order valence-corrected chi connectivity index (χ1v) is 11.6. The van der Waals surface area contributed by atoms with Gasteiger partial charge in [-0.25, -0.2) is 0 Å². The SMILES string of the molecule is CCOC(=O)C(C)(C)CCCCOc1ccc(OCCCCCOc2ccncc2)cc1. The molecule has 1 aromatic heterocycles. The molecule has 0 saturated carbocycles. The zero-order valence-electron chi connectivity index (χ0n) is 19.7. The fourth-order valence-corrected chi connectivity index (χ4v) is 3.12. The lowest BCUT2D eigenvalue weighted by atomic mass is 9.87. The number of benzene rings is 1. The maximum absolute atomic E-state index is 11.9. The summed E-state index contributed by atoms with van der Waals surface area (Å²) in [7, 11) is 0. The molecule has 0 unspecified atom stereocenters. The lowest BCUT2D eigenvalue weighted by Gasteiger charge is -2.21. The van der Waals surface area contributed by atoms with Gasteiger partial charge in [-0.2, -0.15) is 0 Å². The number of unbranched alkanes of at least 4 members (excludes halogenated alkanes) is 3. The van der Waals surface area contributed by atoms with Crippen molar-refractivity contribution in [1.29, 1.82) is 0 Å². The van der Waals surface area contributed by atoms with Crippen molar-refractivity contribution in [3.05, 3.63) is 48.8 Å². The average Bonchev–Trinajstić information content (AvgIpc) is 2.80. The van der Waals surface area contributed by atoms with Crippen LogP contribution in [-0.4, -0.2) is 37.4 Å². The zero-order chi connectivity index (χ0) is 23.1. The van der Waals surface area contributed by atoms with Crippen LogP contribution in [0.1, 0.15) is 59.3 Å². The molecule has 2 aromatic rings. The van der Waals surface area contributed by atoms with Crippen LogP contribution in [0.5, 0.6) is 17.2 Å². The van der Waals surface area contributed by atoms with Crippen molar-refractivity contribution in [3.63, 3.8) is 0 Å². The summed E-state index contributed by atoms with van der Waals surface area (Å²) in [6.45, 7) is 8.14. The predicted molar refractivity (Wildman–Crippen MR) is 125 cm³/mol. The summed E-state index contributed by atoms with van der Waals surface area (Å²) in [4.78, 5) is 15.9. The van der Waals surface area contributed by atoms with Crippen LogP contribution in [0.2, 0.25) is 0 Å². The standard InChI is InChI=1S/C26H37NO5/c1-4-29-25(28)26(2,3)16-6-9-21-31-23-12-10-22(11-13-23)30-19-7-5-8-20-32-24-14-17-27-18-15-24/h10-15,17-18H,4-9,16,19-21H2,1-3H3. The van der Waals surface area contributed by atoms with Crippen LogP contribution in [0.25, 0.3) is 0 Å². The number of pyridine rings is 1. The summed E-state index contributed by atoms with van der Waals surface area (Å²) in [5.41, 5.74) is -0.443. The second kappa shape index (κ2) is 14.3. The van der Waals surface area contributed by atoms with Gasteiger partial charge < -0.3 is 18.9 Å². The van der Waals surface area contributed by atoms with Crippen LogP contribution in [-0.2, 0) is 9.53 Å². The molecule has 6 heteroatoms. The van der Waals surface area contributed by atoms with E-state index in [1.54, 1.807) is 12.4 Å². The van der Waals surface area contributed by atoms with Crippen molar-refractivity contribution in [2.75, 3.05) is 26.4 Å². The maximum Gasteiger partial charge on any atom is 0.311 e. The number of hydrogen-bond acceptors (Lipinski definition) is 6. The third-order valence-electron chi connectivity index (χ3n) is 5.09. The van der Waals surface area contributed by atoms with Gasteiger partial charge in [-0.05, 0) is 95.7 Å². The molecule has 1 heterocycles. The second-order valence-electron chi connectivity index (χ2n) is 8.32. The number of rotatable bonds is 16. The third kappa shape index (κ3) is 10.0. The molecular formula is C26H37NO5. The Hall–Kier alpha value is -2.76. The van der Waals surface area contributed by atoms with Gasteiger partial charge in [-0.15, -0.1) is 0 Å². The fourth-order valence-electron chi connectivity index (χ4n) is 3.12. The zero-order valence-corrected chi connectivity index (χ0v) is 19.7. The Bertz CT molecular complexity index is 762. The van der Waals surface area contributed by atoms with Crippen molar-refractivity contribution >= 4 is 5.97 Å². The summed E-state index contributed by atoms with van der Waals surface area (Å²) in [6.07, 6.45) is 9.10. The summed E-state index contributed by atoms with van der Waals surface area (Å²) >= 11 is 0. The van der Waals surface area contributed by atoms with E-state index in [2.05, 4.69) is 4.98 Å². The minimum atomic E-state index is -0.443. The number of nitrogens with zero attached hydrogens (tertiary/aromatic N) is 1. The number of carbonyl (C=O) groups excluding carboxylic acids is 1. The monoisotopic (exact) mass is 443 g/mol. The van der Waals surface area contributed by atoms with Crippen LogP contribution in [0.3, 0.4) is 0 Å². The minimum Gasteiger partial charge on any atom is -0.494 e. The molecule has 6 nitrogen and oxygen atoms in total. The summed E-state index contributed by atoms with van der Waals surface area (Å²) in [5, 5.41) is 0. The predicted octanol–water partition coefficient (Wildman–Crippen LogP) is 5.85. The first kappa shape index (κ1) is 25.5. The first-order valence-electron chi connectivity index (χ1n) is 11.6. The van der Waals surface area contributed by atoms with Crippen molar-refractivity contribution < 1.29 is 23.7 Å². The lowest BCUT2D eigenvalue weighted by Crippen LogP contribution is -2.26.